The van der Waals surface area contributed by atoms with E-state index in [2.05, 4.69) is 159 Å². The summed E-state index contributed by atoms with van der Waals surface area (Å²) >= 11 is 0. The highest BCUT2D eigenvalue weighted by atomic mass is 16.3. The number of nitrogens with zero attached hydrogens (tertiary/aromatic N) is 1. The Bertz CT molecular complexity index is 2190. The van der Waals surface area contributed by atoms with E-state index in [9.17, 15) is 0 Å². The summed E-state index contributed by atoms with van der Waals surface area (Å²) in [4.78, 5) is 2.41. The summed E-state index contributed by atoms with van der Waals surface area (Å²) < 4.78 is 6.40. The first-order chi connectivity index (χ1) is 22.9. The summed E-state index contributed by atoms with van der Waals surface area (Å²) in [6.45, 7) is 6.94. The number of para-hydroxylation sites is 1. The molecule has 6 aromatic carbocycles. The lowest BCUT2D eigenvalue weighted by molar-refractivity contribution is 0.592. The number of furan rings is 1. The summed E-state index contributed by atoms with van der Waals surface area (Å²) in [5, 5.41) is 2.29. The Morgan fingerprint density at radius 3 is 2.02 bits per heavy atom. The zero-order valence-corrected chi connectivity index (χ0v) is 27.5. The van der Waals surface area contributed by atoms with Gasteiger partial charge in [0.25, 0.3) is 0 Å². The van der Waals surface area contributed by atoms with E-state index in [0.717, 1.165) is 33.3 Å². The van der Waals surface area contributed by atoms with Crippen molar-refractivity contribution in [1.82, 2.24) is 0 Å². The Morgan fingerprint density at radius 1 is 0.553 bits per heavy atom. The molecular weight excluding hydrogens is 571 g/mol. The SMILES string of the molecule is CC(C)(C)c1cccc(-c2ccccc2)c1-c1cccc(N(c2cccc(C3CCCC3)c2)c2ccc3c(c2)oc2ccccc23)c1. The van der Waals surface area contributed by atoms with Crippen LogP contribution in [0.25, 0.3) is 44.2 Å². The second kappa shape index (κ2) is 11.9. The van der Waals surface area contributed by atoms with E-state index in [4.69, 9.17) is 4.42 Å². The number of anilines is 3. The maximum Gasteiger partial charge on any atom is 0.137 e. The van der Waals surface area contributed by atoms with E-state index in [1.54, 1.807) is 0 Å². The highest BCUT2D eigenvalue weighted by Crippen LogP contribution is 2.45. The van der Waals surface area contributed by atoms with Crippen LogP contribution in [-0.4, -0.2) is 0 Å². The van der Waals surface area contributed by atoms with Crippen molar-refractivity contribution in [2.45, 2.75) is 57.8 Å². The molecule has 0 radical (unpaired) electrons. The molecule has 0 aliphatic heterocycles. The van der Waals surface area contributed by atoms with Crippen LogP contribution in [0.2, 0.25) is 0 Å². The van der Waals surface area contributed by atoms with E-state index >= 15 is 0 Å². The minimum Gasteiger partial charge on any atom is -0.456 e. The molecule has 1 aromatic heterocycles. The van der Waals surface area contributed by atoms with Gasteiger partial charge in [0.05, 0.1) is 0 Å². The van der Waals surface area contributed by atoms with Crippen LogP contribution >= 0.6 is 0 Å². The largest absolute Gasteiger partial charge is 0.456 e. The van der Waals surface area contributed by atoms with Gasteiger partial charge in [-0.15, -0.1) is 0 Å². The second-order valence-corrected chi connectivity index (χ2v) is 14.1. The fourth-order valence-corrected chi connectivity index (χ4v) is 7.62. The zero-order chi connectivity index (χ0) is 32.0. The molecule has 0 bridgehead atoms. The molecule has 0 unspecified atom stereocenters. The summed E-state index contributed by atoms with van der Waals surface area (Å²) in [5.74, 6) is 0.632. The van der Waals surface area contributed by atoms with Crippen LogP contribution in [-0.2, 0) is 5.41 Å². The molecule has 1 heterocycles. The second-order valence-electron chi connectivity index (χ2n) is 14.1. The van der Waals surface area contributed by atoms with Gasteiger partial charge in [0.2, 0.25) is 0 Å². The van der Waals surface area contributed by atoms with Crippen LogP contribution in [0.15, 0.2) is 144 Å². The number of hydrogen-bond donors (Lipinski definition) is 0. The molecule has 2 heteroatoms. The molecule has 0 saturated heterocycles. The van der Waals surface area contributed by atoms with Crippen LogP contribution in [0.5, 0.6) is 0 Å². The van der Waals surface area contributed by atoms with Gasteiger partial charge in [0.15, 0.2) is 0 Å². The molecule has 1 saturated carbocycles. The molecule has 0 amide bonds. The molecule has 47 heavy (non-hydrogen) atoms. The minimum absolute atomic E-state index is 0.0300. The molecular formula is C45H41NO. The van der Waals surface area contributed by atoms with Gasteiger partial charge >= 0.3 is 0 Å². The van der Waals surface area contributed by atoms with Crippen molar-refractivity contribution in [3.8, 4) is 22.3 Å². The van der Waals surface area contributed by atoms with Crippen molar-refractivity contribution < 1.29 is 4.42 Å². The molecule has 1 aliphatic rings. The summed E-state index contributed by atoms with van der Waals surface area (Å²) in [6.07, 6.45) is 5.19. The van der Waals surface area contributed by atoms with Crippen molar-refractivity contribution in [1.29, 1.82) is 0 Å². The van der Waals surface area contributed by atoms with Crippen LogP contribution in [0.3, 0.4) is 0 Å². The fourth-order valence-electron chi connectivity index (χ4n) is 7.62. The number of hydrogen-bond acceptors (Lipinski definition) is 2. The molecule has 0 atom stereocenters. The van der Waals surface area contributed by atoms with Gasteiger partial charge in [0, 0.05) is 33.9 Å². The van der Waals surface area contributed by atoms with Crippen LogP contribution in [0.1, 0.15) is 63.5 Å². The normalized spacial score (nSPS) is 13.9. The fraction of sp³-hybridized carbons (Fsp3) is 0.200. The minimum atomic E-state index is -0.0300. The standard InChI is InChI=1S/C45H41NO/c1-45(2,3)41-24-13-23-38(32-16-5-4-6-17-32)44(41)34-19-12-21-36(29-34)46(35-20-11-18-33(28-35)31-14-7-8-15-31)37-26-27-40-39-22-9-10-25-42(39)47-43(40)30-37/h4-6,9-13,16-31H,7-8,14-15H2,1-3H3. The third kappa shape index (κ3) is 5.52. The maximum absolute atomic E-state index is 6.40. The first kappa shape index (κ1) is 29.3. The topological polar surface area (TPSA) is 16.4 Å². The number of fused-ring (bicyclic) bond motifs is 3. The van der Waals surface area contributed by atoms with Crippen molar-refractivity contribution >= 4 is 39.0 Å². The van der Waals surface area contributed by atoms with Gasteiger partial charge in [0.1, 0.15) is 11.2 Å². The quantitative estimate of drug-likeness (QED) is 0.186. The first-order valence-corrected chi connectivity index (χ1v) is 17.0. The Labute approximate surface area is 278 Å². The maximum atomic E-state index is 6.40. The zero-order valence-electron chi connectivity index (χ0n) is 27.5. The van der Waals surface area contributed by atoms with E-state index in [1.807, 2.05) is 6.07 Å². The lowest BCUT2D eigenvalue weighted by Crippen LogP contribution is -2.14. The van der Waals surface area contributed by atoms with Crippen molar-refractivity contribution in [2.24, 2.45) is 0 Å². The van der Waals surface area contributed by atoms with Crippen LogP contribution in [0.4, 0.5) is 17.1 Å². The molecule has 1 aliphatic carbocycles. The third-order valence-corrected chi connectivity index (χ3v) is 9.93. The lowest BCUT2D eigenvalue weighted by Gasteiger charge is -2.29. The molecule has 2 nitrogen and oxygen atoms in total. The highest BCUT2D eigenvalue weighted by Gasteiger charge is 2.24. The van der Waals surface area contributed by atoms with Gasteiger partial charge in [-0.3, -0.25) is 0 Å². The van der Waals surface area contributed by atoms with Gasteiger partial charge < -0.3 is 9.32 Å². The molecule has 0 N–H and O–H groups in total. The summed E-state index contributed by atoms with van der Waals surface area (Å²) in [7, 11) is 0. The summed E-state index contributed by atoms with van der Waals surface area (Å²) in [5.41, 5.74) is 13.0. The Morgan fingerprint density at radius 2 is 1.21 bits per heavy atom. The molecule has 232 valence electrons. The van der Waals surface area contributed by atoms with Crippen molar-refractivity contribution in [3.63, 3.8) is 0 Å². The smallest absolute Gasteiger partial charge is 0.137 e. The van der Waals surface area contributed by atoms with Crippen LogP contribution in [0, 0.1) is 0 Å². The van der Waals surface area contributed by atoms with Crippen molar-refractivity contribution in [3.05, 3.63) is 151 Å². The average Bonchev–Trinajstić information content (AvgIpc) is 3.77. The third-order valence-electron chi connectivity index (χ3n) is 9.93. The summed E-state index contributed by atoms with van der Waals surface area (Å²) in [6, 6.07) is 50.9. The molecule has 8 rings (SSSR count). The monoisotopic (exact) mass is 611 g/mol. The van der Waals surface area contributed by atoms with Gasteiger partial charge in [-0.1, -0.05) is 125 Å². The van der Waals surface area contributed by atoms with E-state index in [0.29, 0.717) is 5.92 Å². The van der Waals surface area contributed by atoms with Gasteiger partial charge in [-0.05, 0) is 100 Å². The Kier molecular flexibility index (Phi) is 7.45. The van der Waals surface area contributed by atoms with E-state index in [-0.39, 0.29) is 5.41 Å². The average molecular weight is 612 g/mol. The predicted molar refractivity (Wildman–Crippen MR) is 199 cm³/mol. The lowest BCUT2D eigenvalue weighted by atomic mass is 9.79. The Balaban J connectivity index is 1.33. The highest BCUT2D eigenvalue weighted by molar-refractivity contribution is 6.06. The molecule has 1 fully saturated rings. The van der Waals surface area contributed by atoms with Crippen LogP contribution < -0.4 is 4.90 Å². The number of rotatable bonds is 6. The van der Waals surface area contributed by atoms with E-state index in [1.165, 1.54) is 64.8 Å². The Hall–Kier alpha value is -5.08. The van der Waals surface area contributed by atoms with Gasteiger partial charge in [-0.2, -0.15) is 0 Å². The first-order valence-electron chi connectivity index (χ1n) is 17.0. The predicted octanol–water partition coefficient (Wildman–Crippen LogP) is 13.3. The van der Waals surface area contributed by atoms with Gasteiger partial charge in [-0.25, -0.2) is 0 Å². The molecule has 0 spiro atoms. The van der Waals surface area contributed by atoms with Crippen molar-refractivity contribution in [2.75, 3.05) is 4.90 Å². The number of benzene rings is 6. The molecule has 7 aromatic rings. The van der Waals surface area contributed by atoms with E-state index < -0.39 is 0 Å².